The summed E-state index contributed by atoms with van der Waals surface area (Å²) in [6, 6.07) is 3.18. The quantitative estimate of drug-likeness (QED) is 0.861. The lowest BCUT2D eigenvalue weighted by atomic mass is 10.2. The third kappa shape index (κ3) is 3.69. The average molecular weight is 234 g/mol. The van der Waals surface area contributed by atoms with Gasteiger partial charge in [0.05, 0.1) is 0 Å². The number of halogens is 3. The first-order valence-corrected chi connectivity index (χ1v) is 4.89. The first-order valence-electron chi connectivity index (χ1n) is 4.89. The van der Waals surface area contributed by atoms with Crippen molar-refractivity contribution in [1.29, 1.82) is 0 Å². The average Bonchev–Trinajstić information content (AvgIpc) is 2.19. The number of hydrogen-bond donors (Lipinski definition) is 1. The normalized spacial score (nSPS) is 11.8. The molecule has 0 atom stereocenters. The van der Waals surface area contributed by atoms with Crippen molar-refractivity contribution in [2.24, 2.45) is 5.73 Å². The van der Waals surface area contributed by atoms with Crippen LogP contribution in [0, 0.1) is 0 Å². The number of nitrogens with zero attached hydrogens (tertiary/aromatic N) is 1. The van der Waals surface area contributed by atoms with Gasteiger partial charge in [0.25, 0.3) is 5.56 Å². The van der Waals surface area contributed by atoms with Crippen LogP contribution in [0.1, 0.15) is 18.4 Å². The van der Waals surface area contributed by atoms with Gasteiger partial charge >= 0.3 is 6.18 Å². The molecule has 0 radical (unpaired) electrons. The smallest absolute Gasteiger partial charge is 0.326 e. The van der Waals surface area contributed by atoms with E-state index in [0.717, 1.165) is 0 Å². The van der Waals surface area contributed by atoms with Gasteiger partial charge in [-0.25, -0.2) is 0 Å². The van der Waals surface area contributed by atoms with Crippen LogP contribution >= 0.6 is 0 Å². The molecule has 1 rings (SSSR count). The van der Waals surface area contributed by atoms with Crippen molar-refractivity contribution in [2.75, 3.05) is 0 Å². The molecule has 0 amide bonds. The number of hydrogen-bond acceptors (Lipinski definition) is 2. The summed E-state index contributed by atoms with van der Waals surface area (Å²) in [6.45, 7) is 0.158. The van der Waals surface area contributed by atoms with Crippen molar-refractivity contribution >= 4 is 0 Å². The Bertz CT molecular complexity index is 398. The maximum Gasteiger partial charge on any atom is 0.389 e. The van der Waals surface area contributed by atoms with Crippen LogP contribution < -0.4 is 11.3 Å². The Morgan fingerprint density at radius 1 is 1.38 bits per heavy atom. The molecular weight excluding hydrogens is 221 g/mol. The Balaban J connectivity index is 2.65. The van der Waals surface area contributed by atoms with Gasteiger partial charge in [0.15, 0.2) is 0 Å². The molecule has 0 aliphatic carbocycles. The Morgan fingerprint density at radius 3 is 2.62 bits per heavy atom. The SMILES string of the molecule is NCc1cccn(CCCC(F)(F)F)c1=O. The lowest BCUT2D eigenvalue weighted by molar-refractivity contribution is -0.135. The Kier molecular flexibility index (Phi) is 4.12. The highest BCUT2D eigenvalue weighted by molar-refractivity contribution is 5.09. The minimum atomic E-state index is -4.17. The molecule has 3 nitrogen and oxygen atoms in total. The van der Waals surface area contributed by atoms with E-state index in [9.17, 15) is 18.0 Å². The molecular formula is C10H13F3N2O. The molecule has 0 saturated heterocycles. The molecule has 0 aromatic carbocycles. The van der Waals surface area contributed by atoms with Crippen LogP contribution in [0.4, 0.5) is 13.2 Å². The van der Waals surface area contributed by atoms with Crippen LogP contribution in [0.2, 0.25) is 0 Å². The van der Waals surface area contributed by atoms with Gasteiger partial charge in [-0.3, -0.25) is 4.79 Å². The summed E-state index contributed by atoms with van der Waals surface area (Å²) in [7, 11) is 0. The van der Waals surface area contributed by atoms with E-state index >= 15 is 0 Å². The zero-order chi connectivity index (χ0) is 12.2. The van der Waals surface area contributed by atoms with Gasteiger partial charge < -0.3 is 10.3 Å². The van der Waals surface area contributed by atoms with E-state index < -0.39 is 12.6 Å². The third-order valence-electron chi connectivity index (χ3n) is 2.18. The van der Waals surface area contributed by atoms with Gasteiger partial charge in [0.2, 0.25) is 0 Å². The van der Waals surface area contributed by atoms with Crippen molar-refractivity contribution in [3.8, 4) is 0 Å². The maximum absolute atomic E-state index is 11.9. The van der Waals surface area contributed by atoms with Crippen LogP contribution in [0.15, 0.2) is 23.1 Å². The van der Waals surface area contributed by atoms with Crippen molar-refractivity contribution in [3.05, 3.63) is 34.2 Å². The third-order valence-corrected chi connectivity index (χ3v) is 2.18. The van der Waals surface area contributed by atoms with Crippen molar-refractivity contribution in [3.63, 3.8) is 0 Å². The van der Waals surface area contributed by atoms with Crippen LogP contribution in [0.3, 0.4) is 0 Å². The van der Waals surface area contributed by atoms with E-state index in [1.165, 1.54) is 10.8 Å². The number of rotatable bonds is 4. The predicted octanol–water partition coefficient (Wildman–Crippen LogP) is 1.65. The number of nitrogens with two attached hydrogens (primary N) is 1. The Labute approximate surface area is 90.7 Å². The molecule has 0 spiro atoms. The molecule has 0 bridgehead atoms. The second-order valence-corrected chi connectivity index (χ2v) is 3.45. The second-order valence-electron chi connectivity index (χ2n) is 3.45. The van der Waals surface area contributed by atoms with Crippen LogP contribution in [0.5, 0.6) is 0 Å². The zero-order valence-electron chi connectivity index (χ0n) is 8.63. The van der Waals surface area contributed by atoms with Crippen LogP contribution in [-0.2, 0) is 13.1 Å². The van der Waals surface area contributed by atoms with Gasteiger partial charge in [-0.1, -0.05) is 6.07 Å². The fourth-order valence-corrected chi connectivity index (χ4v) is 1.37. The molecule has 90 valence electrons. The number of aryl methyl sites for hydroxylation is 1. The molecule has 0 aliphatic rings. The number of alkyl halides is 3. The lowest BCUT2D eigenvalue weighted by Gasteiger charge is -2.08. The lowest BCUT2D eigenvalue weighted by Crippen LogP contribution is -2.25. The highest BCUT2D eigenvalue weighted by Crippen LogP contribution is 2.21. The Morgan fingerprint density at radius 2 is 2.06 bits per heavy atom. The molecule has 0 saturated carbocycles. The van der Waals surface area contributed by atoms with Gasteiger partial charge in [-0.15, -0.1) is 0 Å². The minimum Gasteiger partial charge on any atom is -0.326 e. The van der Waals surface area contributed by atoms with E-state index in [1.807, 2.05) is 0 Å². The molecule has 0 fully saturated rings. The van der Waals surface area contributed by atoms with Crippen LogP contribution in [0.25, 0.3) is 0 Å². The molecule has 1 heterocycles. The summed E-state index contributed by atoms with van der Waals surface area (Å²) >= 11 is 0. The summed E-state index contributed by atoms with van der Waals surface area (Å²) in [5.74, 6) is 0. The highest BCUT2D eigenvalue weighted by Gasteiger charge is 2.26. The molecule has 16 heavy (non-hydrogen) atoms. The fourth-order valence-electron chi connectivity index (χ4n) is 1.37. The van der Waals surface area contributed by atoms with E-state index in [1.54, 1.807) is 12.1 Å². The fraction of sp³-hybridized carbons (Fsp3) is 0.500. The van der Waals surface area contributed by atoms with Gasteiger partial charge in [0.1, 0.15) is 0 Å². The zero-order valence-corrected chi connectivity index (χ0v) is 8.63. The van der Waals surface area contributed by atoms with Gasteiger partial charge in [-0.2, -0.15) is 13.2 Å². The molecule has 0 unspecified atom stereocenters. The van der Waals surface area contributed by atoms with E-state index in [2.05, 4.69) is 0 Å². The van der Waals surface area contributed by atoms with Gasteiger partial charge in [-0.05, 0) is 12.5 Å². The maximum atomic E-state index is 11.9. The van der Waals surface area contributed by atoms with Gasteiger partial charge in [0, 0.05) is 31.3 Å². The molecule has 0 aliphatic heterocycles. The first kappa shape index (κ1) is 12.8. The van der Waals surface area contributed by atoms with E-state index in [4.69, 9.17) is 5.73 Å². The monoisotopic (exact) mass is 234 g/mol. The molecule has 1 aromatic heterocycles. The van der Waals surface area contributed by atoms with Crippen molar-refractivity contribution in [1.82, 2.24) is 4.57 Å². The molecule has 6 heteroatoms. The molecule has 2 N–H and O–H groups in total. The van der Waals surface area contributed by atoms with E-state index in [-0.39, 0.29) is 25.1 Å². The second kappa shape index (κ2) is 5.16. The van der Waals surface area contributed by atoms with Crippen molar-refractivity contribution < 1.29 is 13.2 Å². The van der Waals surface area contributed by atoms with E-state index in [0.29, 0.717) is 5.56 Å². The van der Waals surface area contributed by atoms with Crippen molar-refractivity contribution in [2.45, 2.75) is 32.1 Å². The summed E-state index contributed by atoms with van der Waals surface area (Å²) in [5, 5.41) is 0. The van der Waals surface area contributed by atoms with Crippen LogP contribution in [-0.4, -0.2) is 10.7 Å². The topological polar surface area (TPSA) is 48.0 Å². The predicted molar refractivity (Wildman–Crippen MR) is 53.9 cm³/mol. The largest absolute Gasteiger partial charge is 0.389 e. The minimum absolute atomic E-state index is 0.0617. The standard InChI is InChI=1S/C10H13F3N2O/c11-10(12,13)4-2-6-15-5-1-3-8(7-14)9(15)16/h1,3,5H,2,4,6-7,14H2. The summed E-state index contributed by atoms with van der Waals surface area (Å²) in [6.07, 6.45) is -3.68. The summed E-state index contributed by atoms with van der Waals surface area (Å²) < 4.78 is 36.9. The number of aromatic nitrogens is 1. The summed E-state index contributed by atoms with van der Waals surface area (Å²) in [4.78, 5) is 11.6. The highest BCUT2D eigenvalue weighted by atomic mass is 19.4. The first-order chi connectivity index (χ1) is 7.44. The number of pyridine rings is 1. The molecule has 1 aromatic rings. The summed E-state index contributed by atoms with van der Waals surface area (Å²) in [5.41, 5.74) is 5.42. The Hall–Kier alpha value is -1.30.